The molecular formula is C14H17ClN2O4. The topological polar surface area (TPSA) is 87.7 Å². The molecule has 21 heavy (non-hydrogen) atoms. The normalized spacial score (nSPS) is 21.0. The van der Waals surface area contributed by atoms with Gasteiger partial charge in [0.2, 0.25) is 0 Å². The number of methoxy groups -OCH3 is 1. The van der Waals surface area contributed by atoms with Crippen LogP contribution in [0.1, 0.15) is 29.6 Å². The molecule has 6 nitrogen and oxygen atoms in total. The second-order valence-corrected chi connectivity index (χ2v) is 5.44. The van der Waals surface area contributed by atoms with Gasteiger partial charge in [0.15, 0.2) is 0 Å². The van der Waals surface area contributed by atoms with Gasteiger partial charge in [-0.25, -0.2) is 9.59 Å². The van der Waals surface area contributed by atoms with Crippen LogP contribution in [-0.4, -0.2) is 36.4 Å². The van der Waals surface area contributed by atoms with E-state index in [9.17, 15) is 9.59 Å². The molecule has 7 heteroatoms. The van der Waals surface area contributed by atoms with Gasteiger partial charge < -0.3 is 20.5 Å². The smallest absolute Gasteiger partial charge is 0.335 e. The molecule has 1 aromatic carbocycles. The predicted molar refractivity (Wildman–Crippen MR) is 79.0 cm³/mol. The third kappa shape index (κ3) is 4.34. The molecule has 2 amide bonds. The van der Waals surface area contributed by atoms with Crippen LogP contribution in [0, 0.1) is 0 Å². The van der Waals surface area contributed by atoms with Crippen LogP contribution in [0.4, 0.5) is 10.5 Å². The Balaban J connectivity index is 1.95. The van der Waals surface area contributed by atoms with Gasteiger partial charge in [0, 0.05) is 23.9 Å². The van der Waals surface area contributed by atoms with Crippen molar-refractivity contribution in [2.45, 2.75) is 31.4 Å². The SMILES string of the molecule is COC1CCC(NC(=O)Nc2cc(Cl)cc(C(=O)O)c2)C1. The van der Waals surface area contributed by atoms with E-state index in [-0.39, 0.29) is 28.8 Å². The monoisotopic (exact) mass is 312 g/mol. The lowest BCUT2D eigenvalue weighted by atomic mass is 10.2. The van der Waals surface area contributed by atoms with Crippen LogP contribution < -0.4 is 10.6 Å². The van der Waals surface area contributed by atoms with E-state index >= 15 is 0 Å². The Morgan fingerprint density at radius 1 is 1.33 bits per heavy atom. The van der Waals surface area contributed by atoms with Crippen molar-refractivity contribution in [3.63, 3.8) is 0 Å². The van der Waals surface area contributed by atoms with Crippen molar-refractivity contribution >= 4 is 29.3 Å². The van der Waals surface area contributed by atoms with Gasteiger partial charge in [-0.1, -0.05) is 11.6 Å². The third-order valence-corrected chi connectivity index (χ3v) is 3.67. The second kappa shape index (κ2) is 6.78. The summed E-state index contributed by atoms with van der Waals surface area (Å²) < 4.78 is 5.24. The minimum atomic E-state index is -1.10. The summed E-state index contributed by atoms with van der Waals surface area (Å²) in [5.41, 5.74) is 0.372. The molecular weight excluding hydrogens is 296 g/mol. The molecule has 2 atom stereocenters. The summed E-state index contributed by atoms with van der Waals surface area (Å²) in [7, 11) is 1.66. The number of carbonyl (C=O) groups excluding carboxylic acids is 1. The number of amides is 2. The summed E-state index contributed by atoms with van der Waals surface area (Å²) in [5, 5.41) is 14.6. The number of urea groups is 1. The fourth-order valence-electron chi connectivity index (χ4n) is 2.42. The Morgan fingerprint density at radius 2 is 2.10 bits per heavy atom. The quantitative estimate of drug-likeness (QED) is 0.797. The summed E-state index contributed by atoms with van der Waals surface area (Å²) in [6.07, 6.45) is 2.74. The lowest BCUT2D eigenvalue weighted by Crippen LogP contribution is -2.36. The highest BCUT2D eigenvalue weighted by Gasteiger charge is 2.25. The molecule has 1 aliphatic rings. The van der Waals surface area contributed by atoms with Crippen molar-refractivity contribution < 1.29 is 19.4 Å². The first kappa shape index (κ1) is 15.6. The Hall–Kier alpha value is -1.79. The summed E-state index contributed by atoms with van der Waals surface area (Å²) in [6, 6.07) is 3.87. The molecule has 3 N–H and O–H groups in total. The number of hydrogen-bond acceptors (Lipinski definition) is 3. The predicted octanol–water partition coefficient (Wildman–Crippen LogP) is 2.73. The summed E-state index contributed by atoms with van der Waals surface area (Å²) in [6.45, 7) is 0. The number of aromatic carboxylic acids is 1. The molecule has 2 unspecified atom stereocenters. The maximum atomic E-state index is 11.9. The third-order valence-electron chi connectivity index (χ3n) is 3.46. The van der Waals surface area contributed by atoms with Gasteiger partial charge in [0.25, 0.3) is 0 Å². The molecule has 0 heterocycles. The van der Waals surface area contributed by atoms with Crippen LogP contribution in [0.2, 0.25) is 5.02 Å². The summed E-state index contributed by atoms with van der Waals surface area (Å²) in [5.74, 6) is -1.10. The first-order chi connectivity index (χ1) is 9.97. The van der Waals surface area contributed by atoms with Crippen molar-refractivity contribution in [3.05, 3.63) is 28.8 Å². The van der Waals surface area contributed by atoms with Crippen molar-refractivity contribution in [3.8, 4) is 0 Å². The largest absolute Gasteiger partial charge is 0.478 e. The molecule has 0 spiro atoms. The van der Waals surface area contributed by atoms with E-state index in [2.05, 4.69) is 10.6 Å². The van der Waals surface area contributed by atoms with Gasteiger partial charge in [-0.15, -0.1) is 0 Å². The van der Waals surface area contributed by atoms with Gasteiger partial charge in [-0.3, -0.25) is 0 Å². The molecule has 1 fully saturated rings. The minimum absolute atomic E-state index is 0.0260. The molecule has 0 bridgehead atoms. The summed E-state index contributed by atoms with van der Waals surface area (Å²) in [4.78, 5) is 22.8. The Morgan fingerprint density at radius 3 is 2.71 bits per heavy atom. The number of carbonyl (C=O) groups is 2. The molecule has 114 valence electrons. The van der Waals surface area contributed by atoms with Crippen LogP contribution in [0.5, 0.6) is 0 Å². The van der Waals surface area contributed by atoms with Crippen LogP contribution >= 0.6 is 11.6 Å². The van der Waals surface area contributed by atoms with E-state index in [1.54, 1.807) is 7.11 Å². The van der Waals surface area contributed by atoms with E-state index in [0.717, 1.165) is 19.3 Å². The van der Waals surface area contributed by atoms with E-state index in [0.29, 0.717) is 5.69 Å². The second-order valence-electron chi connectivity index (χ2n) is 5.00. The molecule has 0 aromatic heterocycles. The Labute approximate surface area is 127 Å². The van der Waals surface area contributed by atoms with Crippen LogP contribution in [0.25, 0.3) is 0 Å². The van der Waals surface area contributed by atoms with Crippen molar-refractivity contribution in [2.24, 2.45) is 0 Å². The minimum Gasteiger partial charge on any atom is -0.478 e. The molecule has 0 saturated heterocycles. The van der Waals surface area contributed by atoms with E-state index in [4.69, 9.17) is 21.4 Å². The lowest BCUT2D eigenvalue weighted by Gasteiger charge is -2.14. The first-order valence-corrected chi connectivity index (χ1v) is 7.00. The lowest BCUT2D eigenvalue weighted by molar-refractivity contribution is 0.0697. The zero-order valence-corrected chi connectivity index (χ0v) is 12.3. The molecule has 1 aromatic rings. The molecule has 1 saturated carbocycles. The number of benzene rings is 1. The number of anilines is 1. The van der Waals surface area contributed by atoms with E-state index < -0.39 is 5.97 Å². The van der Waals surface area contributed by atoms with Crippen LogP contribution in [0.3, 0.4) is 0 Å². The molecule has 1 aliphatic carbocycles. The van der Waals surface area contributed by atoms with Crippen molar-refractivity contribution in [2.75, 3.05) is 12.4 Å². The van der Waals surface area contributed by atoms with Gasteiger partial charge in [0.05, 0.1) is 11.7 Å². The number of carboxylic acids is 1. The highest BCUT2D eigenvalue weighted by atomic mass is 35.5. The standard InChI is InChI=1S/C14H17ClN2O4/c1-21-12-3-2-10(7-12)16-14(20)17-11-5-8(13(18)19)4-9(15)6-11/h4-6,10,12H,2-3,7H2,1H3,(H,18,19)(H2,16,17,20). The van der Waals surface area contributed by atoms with Crippen LogP contribution in [0.15, 0.2) is 18.2 Å². The van der Waals surface area contributed by atoms with Crippen LogP contribution in [-0.2, 0) is 4.74 Å². The fraction of sp³-hybridized carbons (Fsp3) is 0.429. The Bertz CT molecular complexity index is 550. The number of hydrogen-bond donors (Lipinski definition) is 3. The van der Waals surface area contributed by atoms with E-state index in [1.807, 2.05) is 0 Å². The van der Waals surface area contributed by atoms with Crippen molar-refractivity contribution in [1.82, 2.24) is 5.32 Å². The maximum absolute atomic E-state index is 11.9. The molecule has 0 aliphatic heterocycles. The van der Waals surface area contributed by atoms with Gasteiger partial charge in [-0.2, -0.15) is 0 Å². The number of carboxylic acid groups (broad SMARTS) is 1. The average Bonchev–Trinajstić information content (AvgIpc) is 2.85. The highest BCUT2D eigenvalue weighted by molar-refractivity contribution is 6.31. The summed E-state index contributed by atoms with van der Waals surface area (Å²) >= 11 is 5.83. The number of halogens is 1. The number of rotatable bonds is 4. The zero-order chi connectivity index (χ0) is 15.4. The zero-order valence-electron chi connectivity index (χ0n) is 11.6. The number of nitrogens with one attached hydrogen (secondary N) is 2. The fourth-order valence-corrected chi connectivity index (χ4v) is 2.66. The average molecular weight is 313 g/mol. The van der Waals surface area contributed by atoms with Crippen molar-refractivity contribution in [1.29, 1.82) is 0 Å². The Kier molecular flexibility index (Phi) is 5.03. The highest BCUT2D eigenvalue weighted by Crippen LogP contribution is 2.22. The van der Waals surface area contributed by atoms with Gasteiger partial charge >= 0.3 is 12.0 Å². The van der Waals surface area contributed by atoms with Gasteiger partial charge in [0.1, 0.15) is 0 Å². The molecule has 0 radical (unpaired) electrons. The maximum Gasteiger partial charge on any atom is 0.335 e. The molecule has 2 rings (SSSR count). The van der Waals surface area contributed by atoms with E-state index in [1.165, 1.54) is 18.2 Å². The number of ether oxygens (including phenoxy) is 1. The first-order valence-electron chi connectivity index (χ1n) is 6.62. The van der Waals surface area contributed by atoms with Gasteiger partial charge in [-0.05, 0) is 37.5 Å².